The van der Waals surface area contributed by atoms with Crippen LogP contribution in [0.25, 0.3) is 0 Å². The molecule has 0 aliphatic heterocycles. The van der Waals surface area contributed by atoms with Gasteiger partial charge in [0.2, 0.25) is 11.8 Å². The van der Waals surface area contributed by atoms with Crippen LogP contribution in [-0.2, 0) is 26.2 Å². The fourth-order valence-corrected chi connectivity index (χ4v) is 5.43. The first-order valence-corrected chi connectivity index (χ1v) is 14.3. The number of carbonyl (C=O) groups excluding carboxylic acids is 2. The quantitative estimate of drug-likeness (QED) is 0.353. The highest BCUT2D eigenvalue weighted by Gasteiger charge is 2.32. The largest absolute Gasteiger partial charge is 0.352 e. The molecule has 0 aromatic heterocycles. The SMILES string of the molecule is CC[C@@H](C)NC(=O)[C@@H](C)N(Cc1ccc(C)cc1)C(=O)CN(c1cccc(Cl)c1)S(=O)(=O)c1ccccc1. The Morgan fingerprint density at radius 1 is 0.947 bits per heavy atom. The molecular weight excluding hydrogens is 522 g/mol. The summed E-state index contributed by atoms with van der Waals surface area (Å²) in [6.07, 6.45) is 0.738. The summed E-state index contributed by atoms with van der Waals surface area (Å²) in [5.74, 6) is -0.822. The third kappa shape index (κ3) is 7.36. The van der Waals surface area contributed by atoms with Crippen LogP contribution < -0.4 is 9.62 Å². The molecule has 38 heavy (non-hydrogen) atoms. The molecule has 0 aliphatic rings. The number of sulfonamides is 1. The molecule has 9 heteroatoms. The van der Waals surface area contributed by atoms with E-state index in [1.165, 1.54) is 23.1 Å². The summed E-state index contributed by atoms with van der Waals surface area (Å²) >= 11 is 6.19. The molecule has 0 aliphatic carbocycles. The van der Waals surface area contributed by atoms with Crippen molar-refractivity contribution in [2.24, 2.45) is 0 Å². The van der Waals surface area contributed by atoms with E-state index in [1.807, 2.05) is 45.0 Å². The molecule has 0 spiro atoms. The van der Waals surface area contributed by atoms with Crippen molar-refractivity contribution in [2.75, 3.05) is 10.8 Å². The number of hydrogen-bond donors (Lipinski definition) is 1. The number of hydrogen-bond acceptors (Lipinski definition) is 4. The van der Waals surface area contributed by atoms with E-state index in [0.29, 0.717) is 5.02 Å². The second kappa shape index (κ2) is 12.9. The molecule has 3 aromatic rings. The minimum atomic E-state index is -4.12. The normalized spacial score (nSPS) is 12.9. The van der Waals surface area contributed by atoms with E-state index < -0.39 is 28.5 Å². The first-order valence-electron chi connectivity index (χ1n) is 12.5. The molecule has 0 saturated carbocycles. The van der Waals surface area contributed by atoms with Gasteiger partial charge in [-0.25, -0.2) is 8.42 Å². The second-order valence-corrected chi connectivity index (χ2v) is 11.6. The van der Waals surface area contributed by atoms with Gasteiger partial charge in [0.05, 0.1) is 10.6 Å². The number of nitrogens with one attached hydrogen (secondary N) is 1. The Bertz CT molecular complexity index is 1350. The van der Waals surface area contributed by atoms with Crippen LogP contribution in [0, 0.1) is 6.92 Å². The van der Waals surface area contributed by atoms with Crippen molar-refractivity contribution in [3.05, 3.63) is 95.0 Å². The molecule has 3 rings (SSSR count). The van der Waals surface area contributed by atoms with Crippen molar-refractivity contribution in [1.29, 1.82) is 0 Å². The molecule has 7 nitrogen and oxygen atoms in total. The standard InChI is InChI=1S/C29H34ClN3O4S/c1-5-22(3)31-29(35)23(4)32(19-24-16-14-21(2)15-17-24)28(34)20-33(26-11-9-10-25(30)18-26)38(36,37)27-12-7-6-8-13-27/h6-18,22-23H,5,19-20H2,1-4H3,(H,31,35)/t22-,23-/m1/s1. The van der Waals surface area contributed by atoms with Gasteiger partial charge in [-0.05, 0) is 63.1 Å². The van der Waals surface area contributed by atoms with Crippen LogP contribution in [-0.4, -0.2) is 43.8 Å². The number of rotatable bonds is 11. The van der Waals surface area contributed by atoms with Gasteiger partial charge in [0.15, 0.2) is 0 Å². The van der Waals surface area contributed by atoms with Gasteiger partial charge in [0, 0.05) is 17.6 Å². The Balaban J connectivity index is 2.01. The molecular formula is C29H34ClN3O4S. The number of nitrogens with zero attached hydrogens (tertiary/aromatic N) is 2. The molecule has 0 saturated heterocycles. The number of halogens is 1. The summed E-state index contributed by atoms with van der Waals surface area (Å²) in [7, 11) is -4.12. The topological polar surface area (TPSA) is 86.8 Å². The van der Waals surface area contributed by atoms with Gasteiger partial charge in [-0.15, -0.1) is 0 Å². The van der Waals surface area contributed by atoms with E-state index in [1.54, 1.807) is 43.3 Å². The maximum absolute atomic E-state index is 13.9. The number of amides is 2. The Labute approximate surface area is 230 Å². The fraction of sp³-hybridized carbons (Fsp3) is 0.310. The highest BCUT2D eigenvalue weighted by atomic mass is 35.5. The molecule has 2 atom stereocenters. The zero-order chi connectivity index (χ0) is 27.9. The predicted octanol–water partition coefficient (Wildman–Crippen LogP) is 5.18. The molecule has 0 heterocycles. The number of carbonyl (C=O) groups is 2. The summed E-state index contributed by atoms with van der Waals surface area (Å²) in [6.45, 7) is 7.10. The molecule has 0 bridgehead atoms. The molecule has 0 unspecified atom stereocenters. The van der Waals surface area contributed by atoms with Gasteiger partial charge in [0.1, 0.15) is 12.6 Å². The summed E-state index contributed by atoms with van der Waals surface area (Å²) in [4.78, 5) is 28.4. The van der Waals surface area contributed by atoms with Crippen LogP contribution >= 0.6 is 11.6 Å². The average molecular weight is 556 g/mol. The van der Waals surface area contributed by atoms with Crippen molar-refractivity contribution >= 4 is 39.1 Å². The zero-order valence-electron chi connectivity index (χ0n) is 22.1. The van der Waals surface area contributed by atoms with E-state index in [-0.39, 0.29) is 29.1 Å². The highest BCUT2D eigenvalue weighted by molar-refractivity contribution is 7.92. The lowest BCUT2D eigenvalue weighted by atomic mass is 10.1. The van der Waals surface area contributed by atoms with Crippen LogP contribution in [0.2, 0.25) is 5.02 Å². The fourth-order valence-electron chi connectivity index (χ4n) is 3.82. The van der Waals surface area contributed by atoms with E-state index >= 15 is 0 Å². The lowest BCUT2D eigenvalue weighted by Gasteiger charge is -2.32. The van der Waals surface area contributed by atoms with Gasteiger partial charge >= 0.3 is 0 Å². The second-order valence-electron chi connectivity index (χ2n) is 9.31. The molecule has 0 fully saturated rings. The van der Waals surface area contributed by atoms with E-state index in [9.17, 15) is 18.0 Å². The van der Waals surface area contributed by atoms with Crippen LogP contribution in [0.1, 0.15) is 38.3 Å². The summed E-state index contributed by atoms with van der Waals surface area (Å²) in [5, 5.41) is 3.26. The minimum Gasteiger partial charge on any atom is -0.352 e. The smallest absolute Gasteiger partial charge is 0.264 e. The van der Waals surface area contributed by atoms with Gasteiger partial charge in [-0.3, -0.25) is 13.9 Å². The van der Waals surface area contributed by atoms with E-state index in [0.717, 1.165) is 21.9 Å². The van der Waals surface area contributed by atoms with E-state index in [2.05, 4.69) is 5.32 Å². The Hall–Kier alpha value is -3.36. The highest BCUT2D eigenvalue weighted by Crippen LogP contribution is 2.26. The van der Waals surface area contributed by atoms with Crippen molar-refractivity contribution in [3.63, 3.8) is 0 Å². The molecule has 1 N–H and O–H groups in total. The molecule has 0 radical (unpaired) electrons. The predicted molar refractivity (Wildman–Crippen MR) is 152 cm³/mol. The third-order valence-corrected chi connectivity index (χ3v) is 8.37. The monoisotopic (exact) mass is 555 g/mol. The van der Waals surface area contributed by atoms with Crippen molar-refractivity contribution in [2.45, 2.75) is 57.6 Å². The molecule has 3 aromatic carbocycles. The van der Waals surface area contributed by atoms with Crippen LogP contribution in [0.3, 0.4) is 0 Å². The third-order valence-electron chi connectivity index (χ3n) is 6.35. The van der Waals surface area contributed by atoms with Gasteiger partial charge in [-0.1, -0.05) is 72.6 Å². The van der Waals surface area contributed by atoms with Gasteiger partial charge < -0.3 is 10.2 Å². The lowest BCUT2D eigenvalue weighted by molar-refractivity contribution is -0.139. The molecule has 202 valence electrons. The number of benzene rings is 3. The Morgan fingerprint density at radius 2 is 1.61 bits per heavy atom. The Kier molecular flexibility index (Phi) is 9.94. The maximum atomic E-state index is 13.9. The van der Waals surface area contributed by atoms with Crippen LogP contribution in [0.15, 0.2) is 83.8 Å². The van der Waals surface area contributed by atoms with Gasteiger partial charge in [0.25, 0.3) is 10.0 Å². The summed E-state index contributed by atoms with van der Waals surface area (Å²) in [6, 6.07) is 21.0. The minimum absolute atomic E-state index is 0.0421. The zero-order valence-corrected chi connectivity index (χ0v) is 23.7. The Morgan fingerprint density at radius 3 is 2.21 bits per heavy atom. The average Bonchev–Trinajstić information content (AvgIpc) is 2.91. The van der Waals surface area contributed by atoms with Crippen LogP contribution in [0.5, 0.6) is 0 Å². The number of aryl methyl sites for hydroxylation is 1. The van der Waals surface area contributed by atoms with Gasteiger partial charge in [-0.2, -0.15) is 0 Å². The van der Waals surface area contributed by atoms with Crippen molar-refractivity contribution in [3.8, 4) is 0 Å². The van der Waals surface area contributed by atoms with E-state index in [4.69, 9.17) is 11.6 Å². The van der Waals surface area contributed by atoms with Crippen molar-refractivity contribution in [1.82, 2.24) is 10.2 Å². The van der Waals surface area contributed by atoms with Crippen molar-refractivity contribution < 1.29 is 18.0 Å². The summed E-state index contributed by atoms with van der Waals surface area (Å²) in [5.41, 5.74) is 2.14. The lowest BCUT2D eigenvalue weighted by Crippen LogP contribution is -2.52. The van der Waals surface area contributed by atoms with Crippen LogP contribution in [0.4, 0.5) is 5.69 Å². The number of anilines is 1. The first kappa shape index (κ1) is 29.2. The molecule has 2 amide bonds. The summed E-state index contributed by atoms with van der Waals surface area (Å²) < 4.78 is 28.5. The first-order chi connectivity index (χ1) is 18.0. The maximum Gasteiger partial charge on any atom is 0.264 e.